The van der Waals surface area contributed by atoms with Crippen LogP contribution in [0.2, 0.25) is 0 Å². The maximum Gasteiger partial charge on any atom is 0.137 e. The number of fused-ring (bicyclic) bond motifs is 5. The van der Waals surface area contributed by atoms with Gasteiger partial charge in [-0.05, 0) is 61.7 Å². The molecule has 4 saturated carbocycles. The van der Waals surface area contributed by atoms with Gasteiger partial charge in [0.05, 0.1) is 5.60 Å². The summed E-state index contributed by atoms with van der Waals surface area (Å²) in [6, 6.07) is 0. The standard InChI is InChI=1S/C22H34O3/c1-4-22(25)10-5-6-17-16-8-7-14-12-15(23)9-11-20(14,2)19(16)18(24)13-21(17,22)3/h14,16-17,19,25H,4-13H2,1-3H3. The molecule has 0 aromatic rings. The van der Waals surface area contributed by atoms with E-state index in [-0.39, 0.29) is 16.7 Å². The van der Waals surface area contributed by atoms with Gasteiger partial charge < -0.3 is 5.11 Å². The minimum absolute atomic E-state index is 0.0109. The molecule has 4 rings (SSSR count). The lowest BCUT2D eigenvalue weighted by Gasteiger charge is -2.64. The number of Topliss-reactive ketones (excluding diaryl/α,β-unsaturated/α-hetero) is 2. The maximum atomic E-state index is 13.4. The van der Waals surface area contributed by atoms with E-state index in [1.807, 2.05) is 0 Å². The highest BCUT2D eigenvalue weighted by Gasteiger charge is 2.65. The van der Waals surface area contributed by atoms with Crippen LogP contribution in [0.15, 0.2) is 0 Å². The summed E-state index contributed by atoms with van der Waals surface area (Å²) in [6.45, 7) is 6.58. The van der Waals surface area contributed by atoms with Crippen molar-refractivity contribution in [2.75, 3.05) is 0 Å². The van der Waals surface area contributed by atoms with Crippen molar-refractivity contribution in [3.8, 4) is 0 Å². The van der Waals surface area contributed by atoms with E-state index in [4.69, 9.17) is 0 Å². The summed E-state index contributed by atoms with van der Waals surface area (Å²) >= 11 is 0. The monoisotopic (exact) mass is 346 g/mol. The van der Waals surface area contributed by atoms with Gasteiger partial charge in [-0.15, -0.1) is 0 Å². The first-order valence-corrected chi connectivity index (χ1v) is 10.5. The van der Waals surface area contributed by atoms with Crippen LogP contribution in [0, 0.1) is 34.5 Å². The van der Waals surface area contributed by atoms with Gasteiger partial charge in [-0.25, -0.2) is 0 Å². The Morgan fingerprint density at radius 3 is 2.60 bits per heavy atom. The van der Waals surface area contributed by atoms with Crippen molar-refractivity contribution in [1.82, 2.24) is 0 Å². The number of hydrogen-bond acceptors (Lipinski definition) is 3. The third kappa shape index (κ3) is 2.27. The summed E-state index contributed by atoms with van der Waals surface area (Å²) in [7, 11) is 0. The molecule has 4 aliphatic rings. The van der Waals surface area contributed by atoms with Crippen molar-refractivity contribution >= 4 is 11.6 Å². The van der Waals surface area contributed by atoms with Gasteiger partial charge in [0.25, 0.3) is 0 Å². The first-order valence-electron chi connectivity index (χ1n) is 10.5. The van der Waals surface area contributed by atoms with Gasteiger partial charge in [0.15, 0.2) is 0 Å². The van der Waals surface area contributed by atoms with Gasteiger partial charge in [0.1, 0.15) is 11.6 Å². The fourth-order valence-electron chi connectivity index (χ4n) is 7.75. The Kier molecular flexibility index (Phi) is 4.00. The topological polar surface area (TPSA) is 54.4 Å². The molecule has 1 N–H and O–H groups in total. The molecule has 4 aliphatic carbocycles. The largest absolute Gasteiger partial charge is 0.389 e. The molecule has 25 heavy (non-hydrogen) atoms. The first-order chi connectivity index (χ1) is 11.7. The molecule has 3 heteroatoms. The van der Waals surface area contributed by atoms with E-state index < -0.39 is 5.60 Å². The molecule has 7 unspecified atom stereocenters. The SMILES string of the molecule is CCC1(O)CCCC2C3CCC4CC(=O)CCC4(C)C3C(=O)CC21C. The Labute approximate surface area is 151 Å². The number of rotatable bonds is 1. The Balaban J connectivity index is 1.72. The average Bonchev–Trinajstić information content (AvgIpc) is 2.56. The van der Waals surface area contributed by atoms with Crippen molar-refractivity contribution in [2.45, 2.75) is 90.6 Å². The summed E-state index contributed by atoms with van der Waals surface area (Å²) < 4.78 is 0. The Hall–Kier alpha value is -0.700. The molecule has 7 atom stereocenters. The van der Waals surface area contributed by atoms with Crippen LogP contribution in [0.3, 0.4) is 0 Å². The number of carbonyl (C=O) groups is 2. The zero-order valence-electron chi connectivity index (χ0n) is 16.1. The summed E-state index contributed by atoms with van der Waals surface area (Å²) in [4.78, 5) is 25.4. The van der Waals surface area contributed by atoms with Crippen LogP contribution in [-0.2, 0) is 9.59 Å². The van der Waals surface area contributed by atoms with E-state index in [2.05, 4.69) is 20.8 Å². The number of ketones is 2. The fraction of sp³-hybridized carbons (Fsp3) is 0.909. The third-order valence-corrected chi connectivity index (χ3v) is 9.31. The van der Waals surface area contributed by atoms with Gasteiger partial charge >= 0.3 is 0 Å². The predicted octanol–water partition coefficient (Wildman–Crippen LogP) is 4.31. The molecule has 0 spiro atoms. The second-order valence-corrected chi connectivity index (χ2v) is 10.1. The van der Waals surface area contributed by atoms with Gasteiger partial charge in [-0.3, -0.25) is 9.59 Å². The average molecular weight is 347 g/mol. The quantitative estimate of drug-likeness (QED) is 0.770. The van der Waals surface area contributed by atoms with Gasteiger partial charge in [-0.2, -0.15) is 0 Å². The molecule has 0 aromatic carbocycles. The van der Waals surface area contributed by atoms with Crippen molar-refractivity contribution in [1.29, 1.82) is 0 Å². The number of hydrogen-bond donors (Lipinski definition) is 1. The zero-order chi connectivity index (χ0) is 18.0. The van der Waals surface area contributed by atoms with Gasteiger partial charge in [0, 0.05) is 30.6 Å². The van der Waals surface area contributed by atoms with E-state index in [1.54, 1.807) is 0 Å². The molecule has 0 saturated heterocycles. The minimum Gasteiger partial charge on any atom is -0.389 e. The molecule has 0 amide bonds. The maximum absolute atomic E-state index is 13.4. The van der Waals surface area contributed by atoms with Crippen molar-refractivity contribution < 1.29 is 14.7 Å². The molecule has 140 valence electrons. The highest BCUT2D eigenvalue weighted by atomic mass is 16.3. The van der Waals surface area contributed by atoms with E-state index in [9.17, 15) is 14.7 Å². The van der Waals surface area contributed by atoms with Crippen LogP contribution in [0.5, 0.6) is 0 Å². The highest BCUT2D eigenvalue weighted by Crippen LogP contribution is 2.66. The van der Waals surface area contributed by atoms with Crippen LogP contribution < -0.4 is 0 Å². The van der Waals surface area contributed by atoms with E-state index >= 15 is 0 Å². The number of carbonyl (C=O) groups excluding carboxylic acids is 2. The molecule has 0 aromatic heterocycles. The molecule has 3 nitrogen and oxygen atoms in total. The van der Waals surface area contributed by atoms with Crippen molar-refractivity contribution in [3.05, 3.63) is 0 Å². The lowest BCUT2D eigenvalue weighted by atomic mass is 9.40. The molecular formula is C22H34O3. The highest BCUT2D eigenvalue weighted by molar-refractivity contribution is 5.85. The summed E-state index contributed by atoms with van der Waals surface area (Å²) in [5.41, 5.74) is -0.931. The fourth-order valence-corrected chi connectivity index (χ4v) is 7.75. The lowest BCUT2D eigenvalue weighted by Crippen LogP contribution is -2.64. The second-order valence-electron chi connectivity index (χ2n) is 10.1. The summed E-state index contributed by atoms with van der Waals surface area (Å²) in [5.74, 6) is 2.18. The molecule has 0 aliphatic heterocycles. The second kappa shape index (κ2) is 5.65. The number of aliphatic hydroxyl groups is 1. The van der Waals surface area contributed by atoms with Crippen LogP contribution in [-0.4, -0.2) is 22.3 Å². The molecule has 0 heterocycles. The minimum atomic E-state index is -0.684. The molecular weight excluding hydrogens is 312 g/mol. The Morgan fingerprint density at radius 1 is 1.12 bits per heavy atom. The summed E-state index contributed by atoms with van der Waals surface area (Å²) in [6.07, 6.45) is 8.78. The molecule has 4 fully saturated rings. The van der Waals surface area contributed by atoms with Crippen LogP contribution in [0.25, 0.3) is 0 Å². The van der Waals surface area contributed by atoms with Crippen molar-refractivity contribution in [2.24, 2.45) is 34.5 Å². The van der Waals surface area contributed by atoms with Crippen LogP contribution >= 0.6 is 0 Å². The van der Waals surface area contributed by atoms with Crippen LogP contribution in [0.4, 0.5) is 0 Å². The first kappa shape index (κ1) is 17.7. The van der Waals surface area contributed by atoms with Gasteiger partial charge in [0.2, 0.25) is 0 Å². The normalized spacial score (nSPS) is 53.0. The van der Waals surface area contributed by atoms with E-state index in [0.717, 1.165) is 44.9 Å². The summed E-state index contributed by atoms with van der Waals surface area (Å²) in [5, 5.41) is 11.4. The Bertz CT molecular complexity index is 598. The zero-order valence-corrected chi connectivity index (χ0v) is 16.1. The lowest BCUT2D eigenvalue weighted by molar-refractivity contribution is -0.203. The van der Waals surface area contributed by atoms with E-state index in [0.29, 0.717) is 48.6 Å². The van der Waals surface area contributed by atoms with Crippen molar-refractivity contribution in [3.63, 3.8) is 0 Å². The molecule has 0 radical (unpaired) electrons. The van der Waals surface area contributed by atoms with E-state index in [1.165, 1.54) is 0 Å². The van der Waals surface area contributed by atoms with Crippen LogP contribution in [0.1, 0.15) is 85.0 Å². The smallest absolute Gasteiger partial charge is 0.137 e. The molecule has 0 bridgehead atoms. The van der Waals surface area contributed by atoms with Gasteiger partial charge in [-0.1, -0.05) is 27.2 Å². The third-order valence-electron chi connectivity index (χ3n) is 9.31. The Morgan fingerprint density at radius 2 is 1.88 bits per heavy atom. The predicted molar refractivity (Wildman–Crippen MR) is 97.0 cm³/mol.